The molecule has 1 aromatic heterocycles. The van der Waals surface area contributed by atoms with Crippen LogP contribution in [0.2, 0.25) is 0 Å². The van der Waals surface area contributed by atoms with Crippen molar-refractivity contribution in [3.05, 3.63) is 71.0 Å². The highest BCUT2D eigenvalue weighted by molar-refractivity contribution is 7.98. The fourth-order valence-electron chi connectivity index (χ4n) is 2.59. The first-order chi connectivity index (χ1) is 13.1. The minimum absolute atomic E-state index is 0.305. The van der Waals surface area contributed by atoms with E-state index < -0.39 is 5.97 Å². The SMILES string of the molecule is C=CCn1c(=NC(=O)c2ccc(SC)cc2)sc2cc(C(=O)OC)ccc21. The van der Waals surface area contributed by atoms with Gasteiger partial charge in [-0.15, -0.1) is 18.3 Å². The van der Waals surface area contributed by atoms with Crippen LogP contribution < -0.4 is 4.80 Å². The molecule has 0 aliphatic heterocycles. The molecule has 138 valence electrons. The van der Waals surface area contributed by atoms with E-state index >= 15 is 0 Å². The molecule has 0 saturated heterocycles. The van der Waals surface area contributed by atoms with Crippen molar-refractivity contribution in [1.82, 2.24) is 4.57 Å². The van der Waals surface area contributed by atoms with Crippen LogP contribution in [-0.2, 0) is 11.3 Å². The molecule has 1 amide bonds. The van der Waals surface area contributed by atoms with Crippen LogP contribution in [0, 0.1) is 0 Å². The number of methoxy groups -OCH3 is 1. The van der Waals surface area contributed by atoms with Crippen molar-refractivity contribution >= 4 is 45.2 Å². The minimum atomic E-state index is -0.399. The summed E-state index contributed by atoms with van der Waals surface area (Å²) in [5.74, 6) is -0.704. The fraction of sp³-hybridized carbons (Fsp3) is 0.150. The largest absolute Gasteiger partial charge is 0.465 e. The fourth-order valence-corrected chi connectivity index (χ4v) is 4.08. The summed E-state index contributed by atoms with van der Waals surface area (Å²) >= 11 is 2.97. The van der Waals surface area contributed by atoms with E-state index in [4.69, 9.17) is 4.74 Å². The summed E-state index contributed by atoms with van der Waals surface area (Å²) < 4.78 is 7.53. The van der Waals surface area contributed by atoms with E-state index in [1.807, 2.05) is 29.0 Å². The average molecular weight is 399 g/mol. The summed E-state index contributed by atoms with van der Waals surface area (Å²) in [5.41, 5.74) is 1.88. The highest BCUT2D eigenvalue weighted by Crippen LogP contribution is 2.20. The van der Waals surface area contributed by atoms with Crippen LogP contribution in [0.5, 0.6) is 0 Å². The molecule has 0 aliphatic carbocycles. The van der Waals surface area contributed by atoms with Crippen LogP contribution in [0.4, 0.5) is 0 Å². The van der Waals surface area contributed by atoms with Crippen molar-refractivity contribution in [2.75, 3.05) is 13.4 Å². The maximum atomic E-state index is 12.6. The summed E-state index contributed by atoms with van der Waals surface area (Å²) in [7, 11) is 1.35. The molecule has 0 unspecified atom stereocenters. The van der Waals surface area contributed by atoms with Gasteiger partial charge in [-0.1, -0.05) is 17.4 Å². The molecule has 1 heterocycles. The third-order valence-electron chi connectivity index (χ3n) is 3.95. The van der Waals surface area contributed by atoms with Crippen LogP contribution in [0.3, 0.4) is 0 Å². The molecule has 0 saturated carbocycles. The molecule has 0 radical (unpaired) electrons. The zero-order chi connectivity index (χ0) is 19.4. The Balaban J connectivity index is 2.09. The number of hydrogen-bond acceptors (Lipinski definition) is 5. The van der Waals surface area contributed by atoms with E-state index in [-0.39, 0.29) is 5.91 Å². The number of aromatic nitrogens is 1. The molecule has 0 spiro atoms. The second-order valence-corrected chi connectivity index (χ2v) is 7.49. The number of amides is 1. The zero-order valence-electron chi connectivity index (χ0n) is 15.0. The van der Waals surface area contributed by atoms with Crippen LogP contribution in [-0.4, -0.2) is 29.8 Å². The zero-order valence-corrected chi connectivity index (χ0v) is 16.6. The average Bonchev–Trinajstić information content (AvgIpc) is 3.04. The number of allylic oxidation sites excluding steroid dienone is 1. The van der Waals surface area contributed by atoms with Gasteiger partial charge in [0.05, 0.1) is 22.9 Å². The first-order valence-corrected chi connectivity index (χ1v) is 10.2. The molecule has 0 N–H and O–H groups in total. The highest BCUT2D eigenvalue weighted by Gasteiger charge is 2.12. The predicted octanol–water partition coefficient (Wildman–Crippen LogP) is 4.14. The highest BCUT2D eigenvalue weighted by atomic mass is 32.2. The van der Waals surface area contributed by atoms with Crippen LogP contribution in [0.1, 0.15) is 20.7 Å². The molecular weight excluding hydrogens is 380 g/mol. The third-order valence-corrected chi connectivity index (χ3v) is 5.73. The van der Waals surface area contributed by atoms with Crippen molar-refractivity contribution in [1.29, 1.82) is 0 Å². The van der Waals surface area contributed by atoms with Gasteiger partial charge in [0.15, 0.2) is 4.80 Å². The molecule has 7 heteroatoms. The summed E-state index contributed by atoms with van der Waals surface area (Å²) in [4.78, 5) is 30.3. The molecular formula is C20H18N2O3S2. The van der Waals surface area contributed by atoms with Crippen molar-refractivity contribution in [2.45, 2.75) is 11.4 Å². The Morgan fingerprint density at radius 3 is 2.56 bits per heavy atom. The van der Waals surface area contributed by atoms with Gasteiger partial charge >= 0.3 is 5.97 Å². The number of nitrogens with zero attached hydrogens (tertiary/aromatic N) is 2. The van der Waals surface area contributed by atoms with Gasteiger partial charge in [0, 0.05) is 17.0 Å². The predicted molar refractivity (Wildman–Crippen MR) is 109 cm³/mol. The maximum Gasteiger partial charge on any atom is 0.337 e. The quantitative estimate of drug-likeness (QED) is 0.368. The number of esters is 1. The summed E-state index contributed by atoms with van der Waals surface area (Å²) in [6, 6.07) is 12.6. The molecule has 0 aliphatic rings. The number of carbonyl (C=O) groups excluding carboxylic acids is 2. The van der Waals surface area contributed by atoms with Crippen molar-refractivity contribution in [2.24, 2.45) is 4.99 Å². The van der Waals surface area contributed by atoms with E-state index in [2.05, 4.69) is 11.6 Å². The number of benzene rings is 2. The topological polar surface area (TPSA) is 60.7 Å². The number of ether oxygens (including phenoxy) is 1. The monoisotopic (exact) mass is 398 g/mol. The Hall–Kier alpha value is -2.64. The molecule has 3 aromatic rings. The van der Waals surface area contributed by atoms with Gasteiger partial charge in [0.2, 0.25) is 0 Å². The first-order valence-electron chi connectivity index (χ1n) is 8.13. The second-order valence-electron chi connectivity index (χ2n) is 5.60. The third kappa shape index (κ3) is 4.04. The normalized spacial score (nSPS) is 11.6. The minimum Gasteiger partial charge on any atom is -0.465 e. The lowest BCUT2D eigenvalue weighted by Gasteiger charge is -2.02. The van der Waals surface area contributed by atoms with Crippen LogP contribution in [0.25, 0.3) is 10.2 Å². The number of thioether (sulfide) groups is 1. The second kappa shape index (κ2) is 8.37. The Bertz CT molecular complexity index is 1080. The van der Waals surface area contributed by atoms with E-state index in [0.29, 0.717) is 22.5 Å². The van der Waals surface area contributed by atoms with Crippen molar-refractivity contribution in [3.63, 3.8) is 0 Å². The van der Waals surface area contributed by atoms with Gasteiger partial charge in [-0.05, 0) is 48.7 Å². The molecule has 0 atom stereocenters. The number of fused-ring (bicyclic) bond motifs is 1. The molecule has 2 aromatic carbocycles. The van der Waals surface area contributed by atoms with Gasteiger partial charge in [-0.2, -0.15) is 4.99 Å². The summed E-state index contributed by atoms with van der Waals surface area (Å²) in [5, 5.41) is 0. The maximum absolute atomic E-state index is 12.6. The van der Waals surface area contributed by atoms with Crippen molar-refractivity contribution in [3.8, 4) is 0 Å². The Morgan fingerprint density at radius 2 is 1.93 bits per heavy atom. The number of hydrogen-bond donors (Lipinski definition) is 0. The lowest BCUT2D eigenvalue weighted by Crippen LogP contribution is -2.16. The van der Waals surface area contributed by atoms with Gasteiger partial charge in [-0.3, -0.25) is 4.79 Å². The van der Waals surface area contributed by atoms with E-state index in [1.165, 1.54) is 18.4 Å². The van der Waals surface area contributed by atoms with Gasteiger partial charge < -0.3 is 9.30 Å². The summed E-state index contributed by atoms with van der Waals surface area (Å²) in [6.07, 6.45) is 3.73. The Morgan fingerprint density at radius 1 is 1.22 bits per heavy atom. The number of carbonyl (C=O) groups is 2. The molecule has 5 nitrogen and oxygen atoms in total. The molecule has 0 bridgehead atoms. The van der Waals surface area contributed by atoms with Gasteiger partial charge in [0.1, 0.15) is 0 Å². The van der Waals surface area contributed by atoms with E-state index in [1.54, 1.807) is 42.1 Å². The Labute approximate surface area is 165 Å². The van der Waals surface area contributed by atoms with Crippen LogP contribution in [0.15, 0.2) is 65.0 Å². The Kier molecular flexibility index (Phi) is 5.93. The number of thiazole rings is 1. The van der Waals surface area contributed by atoms with E-state index in [0.717, 1.165) is 15.1 Å². The first kappa shape index (κ1) is 19.1. The van der Waals surface area contributed by atoms with Gasteiger partial charge in [0.25, 0.3) is 5.91 Å². The molecule has 0 fully saturated rings. The smallest absolute Gasteiger partial charge is 0.337 e. The molecule has 3 rings (SSSR count). The lowest BCUT2D eigenvalue weighted by molar-refractivity contribution is 0.0601. The van der Waals surface area contributed by atoms with Gasteiger partial charge in [-0.25, -0.2) is 4.79 Å². The number of rotatable bonds is 5. The lowest BCUT2D eigenvalue weighted by atomic mass is 10.2. The molecule has 27 heavy (non-hydrogen) atoms. The summed E-state index contributed by atoms with van der Waals surface area (Å²) in [6.45, 7) is 4.29. The standard InChI is InChI=1S/C20H18N2O3S2/c1-4-11-22-16-10-7-14(19(24)25-2)12-17(16)27-20(22)21-18(23)13-5-8-15(26-3)9-6-13/h4-10,12H,1,11H2,2-3H3. The van der Waals surface area contributed by atoms with E-state index in [9.17, 15) is 9.59 Å². The van der Waals surface area contributed by atoms with Crippen molar-refractivity contribution < 1.29 is 14.3 Å². The van der Waals surface area contributed by atoms with Crippen LogP contribution >= 0.6 is 23.1 Å².